The van der Waals surface area contributed by atoms with Gasteiger partial charge in [0.2, 0.25) is 12.7 Å². The SMILES string of the molecule is O=C1CCC(C(=O)OCc2cc3c(cc2Br)OCO3)=NN1. The number of esters is 1. The number of rotatable bonds is 3. The lowest BCUT2D eigenvalue weighted by molar-refractivity contribution is -0.137. The van der Waals surface area contributed by atoms with Crippen molar-refractivity contribution in [2.45, 2.75) is 19.4 Å². The Morgan fingerprint density at radius 1 is 1.33 bits per heavy atom. The zero-order valence-electron chi connectivity index (χ0n) is 10.8. The molecule has 0 saturated carbocycles. The van der Waals surface area contributed by atoms with Gasteiger partial charge in [0.25, 0.3) is 0 Å². The Hall–Kier alpha value is -2.09. The number of hydrazone groups is 1. The summed E-state index contributed by atoms with van der Waals surface area (Å²) in [6.45, 7) is 0.255. The van der Waals surface area contributed by atoms with Gasteiger partial charge in [-0.1, -0.05) is 15.9 Å². The van der Waals surface area contributed by atoms with E-state index in [1.807, 2.05) is 0 Å². The fourth-order valence-electron chi connectivity index (χ4n) is 1.92. The molecule has 0 unspecified atom stereocenters. The molecular formula is C13H11BrN2O5. The van der Waals surface area contributed by atoms with Crippen LogP contribution in [0.5, 0.6) is 11.5 Å². The zero-order valence-corrected chi connectivity index (χ0v) is 12.4. The van der Waals surface area contributed by atoms with E-state index in [1.54, 1.807) is 12.1 Å². The van der Waals surface area contributed by atoms with Crippen LogP contribution in [-0.4, -0.2) is 24.4 Å². The number of amides is 1. The molecule has 0 aromatic heterocycles. The van der Waals surface area contributed by atoms with Crippen molar-refractivity contribution in [2.24, 2.45) is 5.10 Å². The predicted molar refractivity (Wildman–Crippen MR) is 74.9 cm³/mol. The second-order valence-electron chi connectivity index (χ2n) is 4.47. The van der Waals surface area contributed by atoms with Crippen molar-refractivity contribution in [3.05, 3.63) is 22.2 Å². The minimum atomic E-state index is -0.542. The quantitative estimate of drug-likeness (QED) is 0.831. The molecule has 110 valence electrons. The van der Waals surface area contributed by atoms with Gasteiger partial charge >= 0.3 is 5.97 Å². The minimum Gasteiger partial charge on any atom is -0.456 e. The Morgan fingerprint density at radius 2 is 2.10 bits per heavy atom. The van der Waals surface area contributed by atoms with Crippen LogP contribution in [0.4, 0.5) is 0 Å². The number of fused-ring (bicyclic) bond motifs is 1. The highest BCUT2D eigenvalue weighted by Crippen LogP contribution is 2.37. The molecule has 2 heterocycles. The molecule has 0 saturated heterocycles. The van der Waals surface area contributed by atoms with Crippen molar-refractivity contribution in [3.8, 4) is 11.5 Å². The monoisotopic (exact) mass is 354 g/mol. The first-order valence-electron chi connectivity index (χ1n) is 6.24. The smallest absolute Gasteiger partial charge is 0.354 e. The van der Waals surface area contributed by atoms with Gasteiger partial charge < -0.3 is 14.2 Å². The first-order chi connectivity index (χ1) is 10.1. The number of ether oxygens (including phenoxy) is 3. The molecule has 1 N–H and O–H groups in total. The first kappa shape index (κ1) is 13.9. The Morgan fingerprint density at radius 3 is 2.81 bits per heavy atom. The van der Waals surface area contributed by atoms with Crippen molar-refractivity contribution in [1.29, 1.82) is 0 Å². The van der Waals surface area contributed by atoms with Crippen LogP contribution in [0.15, 0.2) is 21.7 Å². The van der Waals surface area contributed by atoms with Gasteiger partial charge in [-0.05, 0) is 12.1 Å². The maximum Gasteiger partial charge on any atom is 0.354 e. The summed E-state index contributed by atoms with van der Waals surface area (Å²) in [6, 6.07) is 3.52. The second-order valence-corrected chi connectivity index (χ2v) is 5.32. The van der Waals surface area contributed by atoms with E-state index in [9.17, 15) is 9.59 Å². The molecule has 8 heteroatoms. The van der Waals surface area contributed by atoms with E-state index in [0.717, 1.165) is 10.0 Å². The molecule has 1 aromatic rings. The third kappa shape index (κ3) is 2.99. The molecule has 2 aliphatic rings. The van der Waals surface area contributed by atoms with Crippen molar-refractivity contribution >= 4 is 33.5 Å². The van der Waals surface area contributed by atoms with Gasteiger partial charge in [0.05, 0.1) is 0 Å². The van der Waals surface area contributed by atoms with Crippen molar-refractivity contribution < 1.29 is 23.8 Å². The average molecular weight is 355 g/mol. The van der Waals surface area contributed by atoms with Crippen LogP contribution in [-0.2, 0) is 20.9 Å². The molecule has 0 bridgehead atoms. The van der Waals surface area contributed by atoms with Gasteiger partial charge in [-0.25, -0.2) is 10.2 Å². The summed E-state index contributed by atoms with van der Waals surface area (Å²) >= 11 is 3.39. The molecule has 1 aromatic carbocycles. The van der Waals surface area contributed by atoms with E-state index < -0.39 is 5.97 Å². The minimum absolute atomic E-state index is 0.0724. The van der Waals surface area contributed by atoms with Gasteiger partial charge in [0, 0.05) is 22.9 Å². The molecule has 0 fully saturated rings. The summed E-state index contributed by atoms with van der Waals surface area (Å²) in [5, 5.41) is 3.69. The standard InChI is InChI=1S/C13H11BrN2O5/c14-8-4-11-10(20-6-21-11)3-7(8)5-19-13(18)9-1-2-12(17)16-15-9/h3-4H,1-2,5-6H2,(H,16,17). The first-order valence-corrected chi connectivity index (χ1v) is 7.03. The van der Waals surface area contributed by atoms with Crippen molar-refractivity contribution in [2.75, 3.05) is 6.79 Å². The molecule has 0 atom stereocenters. The van der Waals surface area contributed by atoms with Crippen LogP contribution in [0.1, 0.15) is 18.4 Å². The summed E-state index contributed by atoms with van der Waals surface area (Å²) in [6.07, 6.45) is 0.522. The Bertz CT molecular complexity index is 644. The molecule has 0 aliphatic carbocycles. The normalized spacial score (nSPS) is 16.2. The van der Waals surface area contributed by atoms with Gasteiger partial charge in [-0.3, -0.25) is 4.79 Å². The average Bonchev–Trinajstić information content (AvgIpc) is 2.92. The maximum atomic E-state index is 11.8. The lowest BCUT2D eigenvalue weighted by Crippen LogP contribution is -2.30. The third-order valence-corrected chi connectivity index (χ3v) is 3.78. The van der Waals surface area contributed by atoms with Crippen LogP contribution in [0.3, 0.4) is 0 Å². The van der Waals surface area contributed by atoms with Crippen LogP contribution in [0.25, 0.3) is 0 Å². The van der Waals surface area contributed by atoms with E-state index >= 15 is 0 Å². The predicted octanol–water partition coefficient (Wildman–Crippen LogP) is 1.49. The van der Waals surface area contributed by atoms with Crippen molar-refractivity contribution in [1.82, 2.24) is 5.43 Å². The summed E-state index contributed by atoms with van der Waals surface area (Å²) in [5.41, 5.74) is 3.23. The molecule has 0 spiro atoms. The lowest BCUT2D eigenvalue weighted by atomic mass is 10.2. The molecule has 7 nitrogen and oxygen atoms in total. The second kappa shape index (κ2) is 5.72. The largest absolute Gasteiger partial charge is 0.456 e. The van der Waals surface area contributed by atoms with Gasteiger partial charge in [-0.15, -0.1) is 0 Å². The zero-order chi connectivity index (χ0) is 14.8. The Balaban J connectivity index is 1.65. The number of benzene rings is 1. The summed E-state index contributed by atoms with van der Waals surface area (Å²) in [5.74, 6) is 0.521. The lowest BCUT2D eigenvalue weighted by Gasteiger charge is -2.12. The maximum absolute atomic E-state index is 11.8. The number of nitrogens with zero attached hydrogens (tertiary/aromatic N) is 1. The van der Waals surface area contributed by atoms with Crippen LogP contribution < -0.4 is 14.9 Å². The number of hydrogen-bond donors (Lipinski definition) is 1. The summed E-state index contributed by atoms with van der Waals surface area (Å²) in [4.78, 5) is 22.8. The van der Waals surface area contributed by atoms with Crippen molar-refractivity contribution in [3.63, 3.8) is 0 Å². The Kier molecular flexibility index (Phi) is 3.78. The number of nitrogens with one attached hydrogen (secondary N) is 1. The van der Waals surface area contributed by atoms with Gasteiger partial charge in [0.15, 0.2) is 11.5 Å². The Labute approximate surface area is 128 Å². The van der Waals surface area contributed by atoms with E-state index in [0.29, 0.717) is 11.5 Å². The highest BCUT2D eigenvalue weighted by Gasteiger charge is 2.21. The highest BCUT2D eigenvalue weighted by atomic mass is 79.9. The number of hydrogen-bond acceptors (Lipinski definition) is 6. The molecule has 21 heavy (non-hydrogen) atoms. The molecule has 1 amide bonds. The molecule has 2 aliphatic heterocycles. The van der Waals surface area contributed by atoms with Crippen LogP contribution in [0, 0.1) is 0 Å². The fraction of sp³-hybridized carbons (Fsp3) is 0.308. The van der Waals surface area contributed by atoms with Crippen LogP contribution in [0.2, 0.25) is 0 Å². The number of carbonyl (C=O) groups is 2. The molecular weight excluding hydrogens is 344 g/mol. The van der Waals surface area contributed by atoms with E-state index in [4.69, 9.17) is 14.2 Å². The van der Waals surface area contributed by atoms with E-state index in [2.05, 4.69) is 26.5 Å². The number of carbonyl (C=O) groups excluding carboxylic acids is 2. The van der Waals surface area contributed by atoms with Gasteiger partial charge in [-0.2, -0.15) is 5.10 Å². The van der Waals surface area contributed by atoms with Crippen LogP contribution >= 0.6 is 15.9 Å². The number of halogens is 1. The molecule has 0 radical (unpaired) electrons. The highest BCUT2D eigenvalue weighted by molar-refractivity contribution is 9.10. The van der Waals surface area contributed by atoms with E-state index in [-0.39, 0.29) is 37.9 Å². The summed E-state index contributed by atoms with van der Waals surface area (Å²) in [7, 11) is 0. The van der Waals surface area contributed by atoms with E-state index in [1.165, 1.54) is 0 Å². The topological polar surface area (TPSA) is 86.2 Å². The van der Waals surface area contributed by atoms with Gasteiger partial charge in [0.1, 0.15) is 12.3 Å². The third-order valence-electron chi connectivity index (χ3n) is 3.04. The summed E-state index contributed by atoms with van der Waals surface area (Å²) < 4.78 is 16.5. The molecule has 3 rings (SSSR count). The fourth-order valence-corrected chi connectivity index (χ4v) is 2.35.